The van der Waals surface area contributed by atoms with Gasteiger partial charge in [-0.1, -0.05) is 0 Å². The van der Waals surface area contributed by atoms with Crippen molar-refractivity contribution in [3.63, 3.8) is 0 Å². The number of hydrogen-bond acceptors (Lipinski definition) is 7. The van der Waals surface area contributed by atoms with E-state index in [9.17, 15) is 9.59 Å². The Bertz CT molecular complexity index is 476. The van der Waals surface area contributed by atoms with Gasteiger partial charge in [-0.2, -0.15) is 0 Å². The van der Waals surface area contributed by atoms with Crippen molar-refractivity contribution < 1.29 is 28.5 Å². The van der Waals surface area contributed by atoms with Crippen LogP contribution in [0.2, 0.25) is 0 Å². The average Bonchev–Trinajstić information content (AvgIpc) is 2.44. The van der Waals surface area contributed by atoms with Crippen LogP contribution in [0.5, 0.6) is 11.5 Å². The van der Waals surface area contributed by atoms with Crippen LogP contribution in [-0.4, -0.2) is 32.3 Å². The second kappa shape index (κ2) is 7.55. The van der Waals surface area contributed by atoms with Gasteiger partial charge in [0.25, 0.3) is 6.26 Å². The summed E-state index contributed by atoms with van der Waals surface area (Å²) in [6.07, 6.45) is 1.53. The number of carbonyl (C=O) groups is 2. The molecule has 100 valence electrons. The van der Waals surface area contributed by atoms with E-state index in [0.717, 1.165) is 0 Å². The molecule has 0 aliphatic carbocycles. The first-order valence-corrected chi connectivity index (χ1v) is 5.17. The van der Waals surface area contributed by atoms with Gasteiger partial charge in [-0.15, -0.1) is 5.26 Å². The second-order valence-electron chi connectivity index (χ2n) is 3.19. The van der Waals surface area contributed by atoms with Crippen LogP contribution in [0.25, 0.3) is 0 Å². The first-order valence-electron chi connectivity index (χ1n) is 5.17. The fraction of sp³-hybridized carbons (Fsp3) is 0.250. The van der Waals surface area contributed by atoms with Gasteiger partial charge in [0.05, 0.1) is 7.11 Å². The molecule has 0 radical (unpaired) electrons. The summed E-state index contributed by atoms with van der Waals surface area (Å²) in [5, 5.41) is 8.29. The largest absolute Gasteiger partial charge is 0.482 e. The lowest BCUT2D eigenvalue weighted by molar-refractivity contribution is -0.158. The number of methoxy groups -OCH3 is 1. The number of ether oxygens (including phenoxy) is 4. The Balaban J connectivity index is 2.34. The van der Waals surface area contributed by atoms with E-state index in [2.05, 4.69) is 14.2 Å². The van der Waals surface area contributed by atoms with Crippen LogP contribution in [0.15, 0.2) is 24.3 Å². The van der Waals surface area contributed by atoms with Crippen LogP contribution in [0, 0.1) is 11.5 Å². The molecule has 0 spiro atoms. The van der Waals surface area contributed by atoms with Crippen LogP contribution >= 0.6 is 0 Å². The topological polar surface area (TPSA) is 94.8 Å². The molecule has 7 heteroatoms. The van der Waals surface area contributed by atoms with Gasteiger partial charge in [-0.25, -0.2) is 9.59 Å². The predicted octanol–water partition coefficient (Wildman–Crippen LogP) is 0.641. The highest BCUT2D eigenvalue weighted by atomic mass is 16.6. The van der Waals surface area contributed by atoms with Gasteiger partial charge in [0, 0.05) is 0 Å². The summed E-state index contributed by atoms with van der Waals surface area (Å²) in [4.78, 5) is 21.9. The molecule has 0 fully saturated rings. The third-order valence-corrected chi connectivity index (χ3v) is 1.92. The molecule has 0 unspecified atom stereocenters. The fourth-order valence-electron chi connectivity index (χ4n) is 1.04. The Morgan fingerprint density at radius 3 is 2.32 bits per heavy atom. The fourth-order valence-corrected chi connectivity index (χ4v) is 1.04. The molecule has 0 heterocycles. The normalized spacial score (nSPS) is 9.05. The Morgan fingerprint density at radius 1 is 1.11 bits per heavy atom. The number of carbonyl (C=O) groups excluding carboxylic acids is 2. The Morgan fingerprint density at radius 2 is 1.74 bits per heavy atom. The number of nitrogens with zero attached hydrogens (tertiary/aromatic N) is 1. The summed E-state index contributed by atoms with van der Waals surface area (Å²) in [5.41, 5.74) is 0. The van der Waals surface area contributed by atoms with E-state index in [1.807, 2.05) is 0 Å². The van der Waals surface area contributed by atoms with Crippen molar-refractivity contribution in [1.82, 2.24) is 0 Å². The average molecular weight is 265 g/mol. The first-order chi connectivity index (χ1) is 9.15. The molecule has 1 aromatic rings. The number of esters is 2. The maximum atomic E-state index is 11.2. The standard InChI is InChI=1S/C12H11NO6/c1-16-11(14)6-18-12(15)7-17-9-2-4-10(5-3-9)19-8-13/h2-5H,6-7H2,1H3. The van der Waals surface area contributed by atoms with Gasteiger partial charge in [0.15, 0.2) is 13.2 Å². The summed E-state index contributed by atoms with van der Waals surface area (Å²) in [6.45, 7) is -0.789. The highest BCUT2D eigenvalue weighted by Gasteiger charge is 2.08. The Hall–Kier alpha value is -2.75. The third kappa shape index (κ3) is 5.41. The lowest BCUT2D eigenvalue weighted by Gasteiger charge is -2.06. The molecule has 19 heavy (non-hydrogen) atoms. The van der Waals surface area contributed by atoms with Crippen molar-refractivity contribution in [2.24, 2.45) is 0 Å². The summed E-state index contributed by atoms with van der Waals surface area (Å²) in [6, 6.07) is 6.08. The molecule has 1 aromatic carbocycles. The summed E-state index contributed by atoms with van der Waals surface area (Å²) >= 11 is 0. The lowest BCUT2D eigenvalue weighted by atomic mass is 10.3. The SMILES string of the molecule is COC(=O)COC(=O)COc1ccc(OC#N)cc1. The highest BCUT2D eigenvalue weighted by molar-refractivity contribution is 5.77. The van der Waals surface area contributed by atoms with E-state index < -0.39 is 18.5 Å². The van der Waals surface area contributed by atoms with Gasteiger partial charge < -0.3 is 18.9 Å². The quantitative estimate of drug-likeness (QED) is 0.550. The predicted molar refractivity (Wildman–Crippen MR) is 61.2 cm³/mol. The van der Waals surface area contributed by atoms with Crippen LogP contribution in [0.4, 0.5) is 0 Å². The summed E-state index contributed by atoms with van der Waals surface area (Å²) in [5.74, 6) is -0.572. The highest BCUT2D eigenvalue weighted by Crippen LogP contribution is 2.17. The molecule has 7 nitrogen and oxygen atoms in total. The van der Waals surface area contributed by atoms with Crippen LogP contribution < -0.4 is 9.47 Å². The molecule has 0 aromatic heterocycles. The van der Waals surface area contributed by atoms with Crippen molar-refractivity contribution in [2.45, 2.75) is 0 Å². The summed E-state index contributed by atoms with van der Waals surface area (Å²) < 4.78 is 18.5. The molecule has 0 aliphatic rings. The third-order valence-electron chi connectivity index (χ3n) is 1.92. The Labute approximate surface area is 109 Å². The molecule has 1 rings (SSSR count). The lowest BCUT2D eigenvalue weighted by Crippen LogP contribution is -2.20. The first kappa shape index (κ1) is 14.3. The van der Waals surface area contributed by atoms with Crippen molar-refractivity contribution in [3.8, 4) is 17.8 Å². The van der Waals surface area contributed by atoms with Gasteiger partial charge in [-0.05, 0) is 24.3 Å². The van der Waals surface area contributed by atoms with Gasteiger partial charge in [0.2, 0.25) is 0 Å². The number of nitriles is 1. The van der Waals surface area contributed by atoms with Crippen LogP contribution in [0.3, 0.4) is 0 Å². The minimum absolute atomic E-state index is 0.338. The van der Waals surface area contributed by atoms with Crippen molar-refractivity contribution in [3.05, 3.63) is 24.3 Å². The molecule has 0 bridgehead atoms. The van der Waals surface area contributed by atoms with Gasteiger partial charge in [0.1, 0.15) is 11.5 Å². The zero-order valence-corrected chi connectivity index (χ0v) is 10.1. The zero-order valence-electron chi connectivity index (χ0n) is 10.1. The maximum absolute atomic E-state index is 11.2. The smallest absolute Gasteiger partial charge is 0.344 e. The van der Waals surface area contributed by atoms with E-state index in [0.29, 0.717) is 11.5 Å². The van der Waals surface area contributed by atoms with Crippen molar-refractivity contribution in [2.75, 3.05) is 20.3 Å². The van der Waals surface area contributed by atoms with Gasteiger partial charge in [-0.3, -0.25) is 0 Å². The van der Waals surface area contributed by atoms with Gasteiger partial charge >= 0.3 is 11.9 Å². The molecular weight excluding hydrogens is 254 g/mol. The van der Waals surface area contributed by atoms with E-state index in [1.54, 1.807) is 0 Å². The van der Waals surface area contributed by atoms with E-state index in [4.69, 9.17) is 10.00 Å². The van der Waals surface area contributed by atoms with E-state index >= 15 is 0 Å². The minimum atomic E-state index is -0.692. The second-order valence-corrected chi connectivity index (χ2v) is 3.19. The number of benzene rings is 1. The zero-order chi connectivity index (χ0) is 14.1. The van der Waals surface area contributed by atoms with E-state index in [-0.39, 0.29) is 6.61 Å². The molecule has 0 aliphatic heterocycles. The van der Waals surface area contributed by atoms with Crippen molar-refractivity contribution >= 4 is 11.9 Å². The van der Waals surface area contributed by atoms with E-state index in [1.165, 1.54) is 37.6 Å². The van der Waals surface area contributed by atoms with Crippen LogP contribution in [0.1, 0.15) is 0 Å². The number of rotatable bonds is 6. The molecular formula is C12H11NO6. The van der Waals surface area contributed by atoms with Crippen LogP contribution in [-0.2, 0) is 19.1 Å². The maximum Gasteiger partial charge on any atom is 0.344 e. The van der Waals surface area contributed by atoms with Crippen molar-refractivity contribution in [1.29, 1.82) is 5.26 Å². The molecule has 0 amide bonds. The summed E-state index contributed by atoms with van der Waals surface area (Å²) in [7, 11) is 1.19. The molecule has 0 atom stereocenters. The molecule has 0 saturated heterocycles. The molecule has 0 saturated carbocycles. The Kier molecular flexibility index (Phi) is 5.69. The monoisotopic (exact) mass is 265 g/mol. The number of hydrogen-bond donors (Lipinski definition) is 0. The molecule has 0 N–H and O–H groups in total. The minimum Gasteiger partial charge on any atom is -0.482 e.